The molecular formula is C13H15BrF4N2O. The van der Waals surface area contributed by atoms with Crippen LogP contribution in [-0.2, 0) is 0 Å². The highest BCUT2D eigenvalue weighted by molar-refractivity contribution is 9.10. The Bertz CT molecular complexity index is 476. The van der Waals surface area contributed by atoms with Crippen LogP contribution in [-0.4, -0.2) is 42.3 Å². The van der Waals surface area contributed by atoms with Gasteiger partial charge in [-0.05, 0) is 53.8 Å². The number of hydrogen-bond acceptors (Lipinski definition) is 3. The third-order valence-electron chi connectivity index (χ3n) is 3.35. The van der Waals surface area contributed by atoms with E-state index in [4.69, 9.17) is 4.74 Å². The second-order valence-corrected chi connectivity index (χ2v) is 5.82. The van der Waals surface area contributed by atoms with E-state index in [0.717, 1.165) is 0 Å². The third kappa shape index (κ3) is 5.43. The normalized spacial score (nSPS) is 18.0. The van der Waals surface area contributed by atoms with Crippen LogP contribution in [0.25, 0.3) is 0 Å². The Morgan fingerprint density at radius 1 is 1.29 bits per heavy atom. The molecule has 0 unspecified atom stereocenters. The van der Waals surface area contributed by atoms with Gasteiger partial charge in [-0.2, -0.15) is 13.2 Å². The molecule has 0 saturated carbocycles. The van der Waals surface area contributed by atoms with Gasteiger partial charge in [0, 0.05) is 6.07 Å². The van der Waals surface area contributed by atoms with E-state index in [-0.39, 0.29) is 10.5 Å². The molecule has 21 heavy (non-hydrogen) atoms. The fourth-order valence-electron chi connectivity index (χ4n) is 2.25. The summed E-state index contributed by atoms with van der Waals surface area (Å²) in [5.74, 6) is 0.0314. The molecule has 2 rings (SSSR count). The summed E-state index contributed by atoms with van der Waals surface area (Å²) in [5, 5.41) is 0. The molecular weight excluding hydrogens is 356 g/mol. The second-order valence-electron chi connectivity index (χ2n) is 5.07. The Hall–Kier alpha value is -0.890. The lowest BCUT2D eigenvalue weighted by molar-refractivity contribution is -0.148. The van der Waals surface area contributed by atoms with E-state index >= 15 is 0 Å². The van der Waals surface area contributed by atoms with Gasteiger partial charge in [0.05, 0.1) is 13.2 Å². The molecule has 1 aliphatic heterocycles. The van der Waals surface area contributed by atoms with Crippen molar-refractivity contribution < 1.29 is 22.3 Å². The first-order valence-corrected chi connectivity index (χ1v) is 7.37. The average molecular weight is 371 g/mol. The molecule has 1 saturated heterocycles. The van der Waals surface area contributed by atoms with Gasteiger partial charge in [-0.3, -0.25) is 4.90 Å². The van der Waals surface area contributed by atoms with Gasteiger partial charge < -0.3 is 4.74 Å². The number of halogens is 5. The van der Waals surface area contributed by atoms with Crippen LogP contribution in [0.5, 0.6) is 5.88 Å². The number of likely N-dealkylation sites (tertiary alicyclic amines) is 1. The Labute approximate surface area is 128 Å². The summed E-state index contributed by atoms with van der Waals surface area (Å²) in [6.07, 6.45) is -2.84. The number of aromatic nitrogens is 1. The lowest BCUT2D eigenvalue weighted by Crippen LogP contribution is -2.41. The highest BCUT2D eigenvalue weighted by atomic mass is 79.9. The summed E-state index contributed by atoms with van der Waals surface area (Å²) in [4.78, 5) is 5.29. The minimum absolute atomic E-state index is 0.0833. The van der Waals surface area contributed by atoms with Crippen molar-refractivity contribution in [2.75, 3.05) is 26.2 Å². The molecule has 0 bridgehead atoms. The van der Waals surface area contributed by atoms with Gasteiger partial charge in [-0.25, -0.2) is 9.37 Å². The van der Waals surface area contributed by atoms with Crippen LogP contribution in [0, 0.1) is 11.7 Å². The lowest BCUT2D eigenvalue weighted by Gasteiger charge is -2.32. The minimum atomic E-state index is -4.15. The highest BCUT2D eigenvalue weighted by Crippen LogP contribution is 2.23. The average Bonchev–Trinajstić information content (AvgIpc) is 2.40. The number of alkyl halides is 3. The van der Waals surface area contributed by atoms with Gasteiger partial charge >= 0.3 is 6.18 Å². The molecule has 0 aromatic carbocycles. The van der Waals surface area contributed by atoms with Crippen molar-refractivity contribution in [1.29, 1.82) is 0 Å². The van der Waals surface area contributed by atoms with Gasteiger partial charge in [0.2, 0.25) is 5.88 Å². The molecule has 0 spiro atoms. The fraction of sp³-hybridized carbons (Fsp3) is 0.615. The van der Waals surface area contributed by atoms with Crippen molar-refractivity contribution in [3.8, 4) is 5.88 Å². The zero-order chi connectivity index (χ0) is 15.5. The third-order valence-corrected chi connectivity index (χ3v) is 3.91. The molecule has 1 aromatic rings. The van der Waals surface area contributed by atoms with E-state index in [1.165, 1.54) is 17.0 Å². The first-order valence-electron chi connectivity index (χ1n) is 6.57. The van der Waals surface area contributed by atoms with Crippen LogP contribution in [0.4, 0.5) is 17.6 Å². The topological polar surface area (TPSA) is 25.4 Å². The van der Waals surface area contributed by atoms with Crippen molar-refractivity contribution in [3.05, 3.63) is 22.6 Å². The molecule has 3 nitrogen and oxygen atoms in total. The maximum atomic E-state index is 13.0. The Morgan fingerprint density at radius 3 is 2.52 bits per heavy atom. The van der Waals surface area contributed by atoms with Crippen molar-refractivity contribution in [2.45, 2.75) is 19.0 Å². The lowest BCUT2D eigenvalue weighted by atomic mass is 9.98. The molecule has 8 heteroatoms. The van der Waals surface area contributed by atoms with Crippen molar-refractivity contribution in [2.24, 2.45) is 5.92 Å². The smallest absolute Gasteiger partial charge is 0.401 e. The summed E-state index contributed by atoms with van der Waals surface area (Å²) in [6.45, 7) is 0.347. The van der Waals surface area contributed by atoms with Crippen molar-refractivity contribution >= 4 is 15.9 Å². The SMILES string of the molecule is Fc1ccc(OCC2CCN(CC(F)(F)F)CC2)nc1Br. The molecule has 0 N–H and O–H groups in total. The molecule has 0 atom stereocenters. The number of pyridine rings is 1. The van der Waals surface area contributed by atoms with Crippen LogP contribution >= 0.6 is 15.9 Å². The quantitative estimate of drug-likeness (QED) is 0.597. The summed E-state index contributed by atoms with van der Waals surface area (Å²) in [7, 11) is 0. The molecule has 0 radical (unpaired) electrons. The molecule has 2 heterocycles. The van der Waals surface area contributed by atoms with Gasteiger partial charge in [0.15, 0.2) is 5.82 Å². The van der Waals surface area contributed by atoms with E-state index in [1.54, 1.807) is 0 Å². The summed E-state index contributed by atoms with van der Waals surface area (Å²) >= 11 is 2.97. The largest absolute Gasteiger partial charge is 0.477 e. The van der Waals surface area contributed by atoms with Crippen LogP contribution in [0.2, 0.25) is 0 Å². The number of hydrogen-bond donors (Lipinski definition) is 0. The number of ether oxygens (including phenoxy) is 1. The maximum absolute atomic E-state index is 13.0. The predicted molar refractivity (Wildman–Crippen MR) is 72.6 cm³/mol. The predicted octanol–water partition coefficient (Wildman–Crippen LogP) is 3.64. The maximum Gasteiger partial charge on any atom is 0.401 e. The summed E-state index contributed by atoms with van der Waals surface area (Å²) < 4.78 is 55.4. The molecule has 1 aromatic heterocycles. The fourth-order valence-corrected chi connectivity index (χ4v) is 2.56. The molecule has 0 amide bonds. The van der Waals surface area contributed by atoms with Crippen LogP contribution < -0.4 is 4.74 Å². The van der Waals surface area contributed by atoms with Crippen LogP contribution in [0.1, 0.15) is 12.8 Å². The standard InChI is InChI=1S/C13H15BrF4N2O/c14-12-10(15)1-2-11(19-12)21-7-9-3-5-20(6-4-9)8-13(16,17)18/h1-2,9H,3-8H2. The Morgan fingerprint density at radius 2 is 1.95 bits per heavy atom. The monoisotopic (exact) mass is 370 g/mol. The van der Waals surface area contributed by atoms with Crippen LogP contribution in [0.15, 0.2) is 16.7 Å². The zero-order valence-corrected chi connectivity index (χ0v) is 12.8. The Kier molecular flexibility index (Phi) is 5.43. The van der Waals surface area contributed by atoms with E-state index in [9.17, 15) is 17.6 Å². The van der Waals surface area contributed by atoms with E-state index in [1.807, 2.05) is 0 Å². The minimum Gasteiger partial charge on any atom is -0.477 e. The molecule has 118 valence electrons. The second kappa shape index (κ2) is 6.91. The molecule has 1 aliphatic rings. The van der Waals surface area contributed by atoms with Gasteiger partial charge in [-0.15, -0.1) is 0 Å². The van der Waals surface area contributed by atoms with E-state index in [2.05, 4.69) is 20.9 Å². The Balaban J connectivity index is 1.75. The number of piperidine rings is 1. The van der Waals surface area contributed by atoms with Gasteiger partial charge in [-0.1, -0.05) is 0 Å². The molecule has 1 fully saturated rings. The zero-order valence-electron chi connectivity index (χ0n) is 11.2. The van der Waals surface area contributed by atoms with Crippen molar-refractivity contribution in [1.82, 2.24) is 9.88 Å². The summed E-state index contributed by atoms with van der Waals surface area (Å²) in [5.41, 5.74) is 0. The number of nitrogens with zero attached hydrogens (tertiary/aromatic N) is 2. The molecule has 0 aliphatic carbocycles. The van der Waals surface area contributed by atoms with Crippen molar-refractivity contribution in [3.63, 3.8) is 0 Å². The first-order chi connectivity index (χ1) is 9.83. The first kappa shape index (κ1) is 16.5. The summed E-state index contributed by atoms with van der Waals surface area (Å²) in [6, 6.07) is 2.68. The van der Waals surface area contributed by atoms with Gasteiger partial charge in [0.25, 0.3) is 0 Å². The van der Waals surface area contributed by atoms with Crippen LogP contribution in [0.3, 0.4) is 0 Å². The highest BCUT2D eigenvalue weighted by Gasteiger charge is 2.32. The van der Waals surface area contributed by atoms with Gasteiger partial charge in [0.1, 0.15) is 4.60 Å². The van der Waals surface area contributed by atoms with E-state index in [0.29, 0.717) is 38.4 Å². The number of rotatable bonds is 4. The van der Waals surface area contributed by atoms with E-state index < -0.39 is 18.5 Å².